The Kier molecular flexibility index (Phi) is 3.56. The molecule has 1 fully saturated rings. The Bertz CT molecular complexity index is 487. The fourth-order valence-electron chi connectivity index (χ4n) is 1.72. The van der Waals surface area contributed by atoms with Gasteiger partial charge in [0, 0.05) is 12.6 Å². The normalized spacial score (nSPS) is 19.4. The van der Waals surface area contributed by atoms with E-state index in [-0.39, 0.29) is 6.10 Å². The largest absolute Gasteiger partial charge is 0.482 e. The van der Waals surface area contributed by atoms with E-state index in [4.69, 9.17) is 4.74 Å². The van der Waals surface area contributed by atoms with E-state index < -0.39 is 28.2 Å². The van der Waals surface area contributed by atoms with E-state index >= 15 is 0 Å². The molecule has 1 aromatic rings. The first kappa shape index (κ1) is 13.5. The SMILES string of the molecule is O=[N+]([O-])c1cnc(C(F)(F)F)cc1OC1CCNC1. The number of nitro groups is 1. The third-order valence-electron chi connectivity index (χ3n) is 2.64. The number of hydrogen-bond acceptors (Lipinski definition) is 5. The Labute approximate surface area is 105 Å². The van der Waals surface area contributed by atoms with Crippen molar-refractivity contribution >= 4 is 5.69 Å². The van der Waals surface area contributed by atoms with E-state index in [2.05, 4.69) is 10.3 Å². The molecule has 1 aliphatic rings. The van der Waals surface area contributed by atoms with Crippen molar-refractivity contribution in [1.29, 1.82) is 0 Å². The van der Waals surface area contributed by atoms with Crippen LogP contribution in [0.2, 0.25) is 0 Å². The molecule has 1 aromatic heterocycles. The van der Waals surface area contributed by atoms with Gasteiger partial charge in [0.25, 0.3) is 0 Å². The summed E-state index contributed by atoms with van der Waals surface area (Å²) in [7, 11) is 0. The summed E-state index contributed by atoms with van der Waals surface area (Å²) in [5.41, 5.74) is -1.78. The van der Waals surface area contributed by atoms with Crippen LogP contribution in [-0.4, -0.2) is 29.1 Å². The predicted octanol–water partition coefficient (Wildman–Crippen LogP) is 1.75. The van der Waals surface area contributed by atoms with E-state index in [1.165, 1.54) is 0 Å². The van der Waals surface area contributed by atoms with Crippen LogP contribution in [0.15, 0.2) is 12.3 Å². The van der Waals surface area contributed by atoms with Crippen LogP contribution in [0.1, 0.15) is 12.1 Å². The minimum Gasteiger partial charge on any atom is -0.482 e. The number of halogens is 3. The molecule has 0 bridgehead atoms. The first-order valence-corrected chi connectivity index (χ1v) is 5.47. The number of nitrogens with one attached hydrogen (secondary N) is 1. The molecule has 2 heterocycles. The quantitative estimate of drug-likeness (QED) is 0.672. The third kappa shape index (κ3) is 3.11. The summed E-state index contributed by atoms with van der Waals surface area (Å²) >= 11 is 0. The molecule has 1 unspecified atom stereocenters. The Morgan fingerprint density at radius 3 is 2.79 bits per heavy atom. The van der Waals surface area contributed by atoms with Crippen molar-refractivity contribution in [1.82, 2.24) is 10.3 Å². The van der Waals surface area contributed by atoms with Crippen LogP contribution in [0.25, 0.3) is 0 Å². The maximum Gasteiger partial charge on any atom is 0.433 e. The summed E-state index contributed by atoms with van der Waals surface area (Å²) < 4.78 is 42.8. The minimum atomic E-state index is -4.67. The lowest BCUT2D eigenvalue weighted by molar-refractivity contribution is -0.386. The lowest BCUT2D eigenvalue weighted by Gasteiger charge is -2.13. The zero-order valence-corrected chi connectivity index (χ0v) is 9.61. The average Bonchev–Trinajstić information content (AvgIpc) is 2.80. The first-order valence-electron chi connectivity index (χ1n) is 5.47. The zero-order valence-electron chi connectivity index (χ0n) is 9.61. The van der Waals surface area contributed by atoms with Crippen LogP contribution in [0.5, 0.6) is 5.75 Å². The Balaban J connectivity index is 2.32. The molecule has 19 heavy (non-hydrogen) atoms. The van der Waals surface area contributed by atoms with Gasteiger partial charge in [-0.05, 0) is 13.0 Å². The van der Waals surface area contributed by atoms with Gasteiger partial charge in [0.05, 0.1) is 4.92 Å². The molecule has 1 saturated heterocycles. The van der Waals surface area contributed by atoms with E-state index in [0.29, 0.717) is 31.8 Å². The monoisotopic (exact) mass is 277 g/mol. The van der Waals surface area contributed by atoms with E-state index in [1.54, 1.807) is 0 Å². The molecule has 6 nitrogen and oxygen atoms in total. The van der Waals surface area contributed by atoms with Crippen molar-refractivity contribution in [2.75, 3.05) is 13.1 Å². The summed E-state index contributed by atoms with van der Waals surface area (Å²) in [5, 5.41) is 13.7. The lowest BCUT2D eigenvalue weighted by Crippen LogP contribution is -2.20. The van der Waals surface area contributed by atoms with Crippen molar-refractivity contribution in [2.24, 2.45) is 0 Å². The zero-order chi connectivity index (χ0) is 14.0. The Hall–Kier alpha value is -1.90. The summed E-state index contributed by atoms with van der Waals surface area (Å²) in [6.07, 6.45) is -3.88. The molecule has 1 atom stereocenters. The molecule has 9 heteroatoms. The van der Waals surface area contributed by atoms with Gasteiger partial charge in [-0.25, -0.2) is 4.98 Å². The summed E-state index contributed by atoms with van der Waals surface area (Å²) in [5.74, 6) is -0.402. The van der Waals surface area contributed by atoms with Crippen molar-refractivity contribution in [3.05, 3.63) is 28.1 Å². The van der Waals surface area contributed by atoms with Crippen LogP contribution in [0.3, 0.4) is 0 Å². The summed E-state index contributed by atoms with van der Waals surface area (Å²) in [6.45, 7) is 1.11. The second-order valence-electron chi connectivity index (χ2n) is 4.02. The summed E-state index contributed by atoms with van der Waals surface area (Å²) in [6, 6.07) is 0.566. The fourth-order valence-corrected chi connectivity index (χ4v) is 1.72. The van der Waals surface area contributed by atoms with Gasteiger partial charge in [-0.1, -0.05) is 0 Å². The van der Waals surface area contributed by atoms with Crippen LogP contribution in [-0.2, 0) is 6.18 Å². The molecule has 1 N–H and O–H groups in total. The van der Waals surface area contributed by atoms with Crippen molar-refractivity contribution in [2.45, 2.75) is 18.7 Å². The minimum absolute atomic E-state index is 0.373. The highest BCUT2D eigenvalue weighted by atomic mass is 19.4. The first-order chi connectivity index (χ1) is 8.88. The van der Waals surface area contributed by atoms with Crippen LogP contribution >= 0.6 is 0 Å². The number of hydrogen-bond donors (Lipinski definition) is 1. The number of aromatic nitrogens is 1. The second kappa shape index (κ2) is 5.00. The molecule has 0 saturated carbocycles. The number of alkyl halides is 3. The molecule has 1 aliphatic heterocycles. The molecule has 0 radical (unpaired) electrons. The smallest absolute Gasteiger partial charge is 0.433 e. The molecule has 0 spiro atoms. The maximum atomic E-state index is 12.5. The molecule has 0 amide bonds. The molecule has 0 aromatic carbocycles. The standard InChI is InChI=1S/C10H10F3N3O3/c11-10(12,13)9-3-8(7(5-15-9)16(17)18)19-6-1-2-14-4-6/h3,5-6,14H,1-2,4H2. The predicted molar refractivity (Wildman–Crippen MR) is 57.8 cm³/mol. The average molecular weight is 277 g/mol. The molecule has 2 rings (SSSR count). The Morgan fingerprint density at radius 2 is 2.26 bits per heavy atom. The lowest BCUT2D eigenvalue weighted by atomic mass is 10.2. The van der Waals surface area contributed by atoms with Crippen LogP contribution in [0, 0.1) is 10.1 Å². The van der Waals surface area contributed by atoms with Crippen molar-refractivity contribution < 1.29 is 22.8 Å². The topological polar surface area (TPSA) is 77.3 Å². The van der Waals surface area contributed by atoms with Gasteiger partial charge in [-0.3, -0.25) is 10.1 Å². The van der Waals surface area contributed by atoms with Gasteiger partial charge in [-0.2, -0.15) is 13.2 Å². The van der Waals surface area contributed by atoms with Gasteiger partial charge in [0.15, 0.2) is 0 Å². The molecule has 104 valence electrons. The molecule has 0 aliphatic carbocycles. The van der Waals surface area contributed by atoms with Crippen LogP contribution in [0.4, 0.5) is 18.9 Å². The van der Waals surface area contributed by atoms with E-state index in [0.717, 1.165) is 0 Å². The number of rotatable bonds is 3. The number of pyridine rings is 1. The van der Waals surface area contributed by atoms with Gasteiger partial charge in [0.1, 0.15) is 18.0 Å². The maximum absolute atomic E-state index is 12.5. The highest BCUT2D eigenvalue weighted by Crippen LogP contribution is 2.34. The fraction of sp³-hybridized carbons (Fsp3) is 0.500. The number of ether oxygens (including phenoxy) is 1. The van der Waals surface area contributed by atoms with Gasteiger partial charge >= 0.3 is 11.9 Å². The van der Waals surface area contributed by atoms with Crippen molar-refractivity contribution in [3.8, 4) is 5.75 Å². The van der Waals surface area contributed by atoms with Gasteiger partial charge < -0.3 is 10.1 Å². The van der Waals surface area contributed by atoms with Crippen LogP contribution < -0.4 is 10.1 Å². The molecular weight excluding hydrogens is 267 g/mol. The highest BCUT2D eigenvalue weighted by Gasteiger charge is 2.35. The second-order valence-corrected chi connectivity index (χ2v) is 4.02. The molecular formula is C10H10F3N3O3. The summed E-state index contributed by atoms with van der Waals surface area (Å²) in [4.78, 5) is 13.0. The van der Waals surface area contributed by atoms with E-state index in [9.17, 15) is 23.3 Å². The number of nitrogens with zero attached hydrogens (tertiary/aromatic N) is 2. The third-order valence-corrected chi connectivity index (χ3v) is 2.64. The van der Waals surface area contributed by atoms with E-state index in [1.807, 2.05) is 0 Å². The highest BCUT2D eigenvalue weighted by molar-refractivity contribution is 5.45. The van der Waals surface area contributed by atoms with Crippen molar-refractivity contribution in [3.63, 3.8) is 0 Å². The van der Waals surface area contributed by atoms with Gasteiger partial charge in [0.2, 0.25) is 5.75 Å². The Morgan fingerprint density at radius 1 is 1.53 bits per heavy atom. The van der Waals surface area contributed by atoms with Gasteiger partial charge in [-0.15, -0.1) is 0 Å².